The van der Waals surface area contributed by atoms with Crippen molar-refractivity contribution in [3.8, 4) is 0 Å². The van der Waals surface area contributed by atoms with Crippen molar-refractivity contribution in [2.24, 2.45) is 40.4 Å². The Morgan fingerprint density at radius 2 is 1.93 bits per heavy atom. The SMILES string of the molecule is CC(C)=CCC[C@@H](C)C1CCC2C3CC=C4C[C@@H](O)CC[C@]4(C)C3CC[C@@]21C. The molecule has 0 aromatic heterocycles. The van der Waals surface area contributed by atoms with Crippen molar-refractivity contribution in [1.29, 1.82) is 0 Å². The second-order valence-corrected chi connectivity index (χ2v) is 11.7. The molecule has 4 aliphatic carbocycles. The first-order chi connectivity index (χ1) is 13.3. The fraction of sp³-hybridized carbons (Fsp3) is 0.852. The second-order valence-electron chi connectivity index (χ2n) is 11.7. The predicted octanol–water partition coefficient (Wildman–Crippen LogP) is 7.31. The van der Waals surface area contributed by atoms with E-state index in [0.29, 0.717) is 10.8 Å². The van der Waals surface area contributed by atoms with Crippen molar-refractivity contribution in [2.75, 3.05) is 0 Å². The maximum Gasteiger partial charge on any atom is 0.0577 e. The maximum absolute atomic E-state index is 10.2. The summed E-state index contributed by atoms with van der Waals surface area (Å²) >= 11 is 0. The van der Waals surface area contributed by atoms with Crippen LogP contribution in [0.25, 0.3) is 0 Å². The highest BCUT2D eigenvalue weighted by molar-refractivity contribution is 5.25. The van der Waals surface area contributed by atoms with Crippen LogP contribution >= 0.6 is 0 Å². The van der Waals surface area contributed by atoms with Gasteiger partial charge in [-0.1, -0.05) is 44.1 Å². The quantitative estimate of drug-likeness (QED) is 0.504. The third kappa shape index (κ3) is 3.34. The van der Waals surface area contributed by atoms with E-state index < -0.39 is 0 Å². The van der Waals surface area contributed by atoms with E-state index in [1.165, 1.54) is 56.9 Å². The maximum atomic E-state index is 10.2. The molecule has 3 fully saturated rings. The molecule has 0 aliphatic heterocycles. The summed E-state index contributed by atoms with van der Waals surface area (Å²) in [4.78, 5) is 0. The van der Waals surface area contributed by atoms with Gasteiger partial charge in [-0.25, -0.2) is 0 Å². The average molecular weight is 385 g/mol. The van der Waals surface area contributed by atoms with Crippen LogP contribution in [-0.2, 0) is 0 Å². The van der Waals surface area contributed by atoms with Crippen molar-refractivity contribution in [3.05, 3.63) is 23.3 Å². The number of hydrogen-bond donors (Lipinski definition) is 1. The molecule has 28 heavy (non-hydrogen) atoms. The molecule has 4 rings (SSSR count). The van der Waals surface area contributed by atoms with Gasteiger partial charge in [0.05, 0.1) is 6.10 Å². The van der Waals surface area contributed by atoms with Crippen LogP contribution in [0.5, 0.6) is 0 Å². The second kappa shape index (κ2) is 7.60. The topological polar surface area (TPSA) is 20.2 Å². The lowest BCUT2D eigenvalue weighted by molar-refractivity contribution is -0.0571. The third-order valence-electron chi connectivity index (χ3n) is 10.0. The highest BCUT2D eigenvalue weighted by atomic mass is 16.3. The normalized spacial score (nSPS) is 46.1. The van der Waals surface area contributed by atoms with Gasteiger partial charge in [-0.2, -0.15) is 0 Å². The summed E-state index contributed by atoms with van der Waals surface area (Å²) in [6.07, 6.45) is 17.9. The Bertz CT molecular complexity index is 641. The first kappa shape index (κ1) is 20.7. The number of aliphatic hydroxyl groups excluding tert-OH is 1. The molecule has 4 aliphatic rings. The van der Waals surface area contributed by atoms with E-state index in [4.69, 9.17) is 0 Å². The van der Waals surface area contributed by atoms with Gasteiger partial charge in [-0.05, 0) is 118 Å². The van der Waals surface area contributed by atoms with Crippen LogP contribution in [0, 0.1) is 40.4 Å². The predicted molar refractivity (Wildman–Crippen MR) is 119 cm³/mol. The van der Waals surface area contributed by atoms with Gasteiger partial charge in [0.25, 0.3) is 0 Å². The molecule has 0 spiro atoms. The Morgan fingerprint density at radius 3 is 2.68 bits per heavy atom. The molecule has 4 unspecified atom stereocenters. The van der Waals surface area contributed by atoms with E-state index in [1.807, 2.05) is 0 Å². The standard InChI is InChI=1S/C27H44O/c1-18(2)7-6-8-19(3)23-11-12-24-22-10-9-20-17-21(28)13-15-26(20,4)25(22)14-16-27(23,24)5/h7,9,19,21-25,28H,6,8,10-17H2,1-5H3/t19-,21+,22?,23?,24?,25?,26+,27-/m1/s1. The first-order valence-corrected chi connectivity index (χ1v) is 12.3. The molecule has 0 aromatic rings. The van der Waals surface area contributed by atoms with Gasteiger partial charge in [0.1, 0.15) is 0 Å². The van der Waals surface area contributed by atoms with Crippen LogP contribution in [0.4, 0.5) is 0 Å². The minimum Gasteiger partial charge on any atom is -0.393 e. The minimum atomic E-state index is -0.0813. The van der Waals surface area contributed by atoms with Gasteiger partial charge in [-0.3, -0.25) is 0 Å². The molecular weight excluding hydrogens is 340 g/mol. The van der Waals surface area contributed by atoms with E-state index in [1.54, 1.807) is 5.57 Å². The summed E-state index contributed by atoms with van der Waals surface area (Å²) in [5.41, 5.74) is 4.04. The molecule has 1 N–H and O–H groups in total. The van der Waals surface area contributed by atoms with Gasteiger partial charge in [0, 0.05) is 0 Å². The molecule has 8 atom stereocenters. The molecular formula is C27H44O. The number of allylic oxidation sites excluding steroid dienone is 3. The van der Waals surface area contributed by atoms with Gasteiger partial charge < -0.3 is 5.11 Å². The summed E-state index contributed by atoms with van der Waals surface area (Å²) in [5, 5.41) is 10.2. The highest BCUT2D eigenvalue weighted by Crippen LogP contribution is 2.67. The van der Waals surface area contributed by atoms with Crippen LogP contribution in [-0.4, -0.2) is 11.2 Å². The lowest BCUT2D eigenvalue weighted by Gasteiger charge is -2.58. The molecule has 0 saturated heterocycles. The van der Waals surface area contributed by atoms with E-state index in [2.05, 4.69) is 46.8 Å². The molecule has 0 bridgehead atoms. The Hall–Kier alpha value is -0.560. The Balaban J connectivity index is 1.51. The number of hydrogen-bond acceptors (Lipinski definition) is 1. The smallest absolute Gasteiger partial charge is 0.0577 e. The Kier molecular flexibility index (Phi) is 5.62. The minimum absolute atomic E-state index is 0.0813. The first-order valence-electron chi connectivity index (χ1n) is 12.3. The van der Waals surface area contributed by atoms with Crippen molar-refractivity contribution in [3.63, 3.8) is 0 Å². The van der Waals surface area contributed by atoms with Crippen molar-refractivity contribution < 1.29 is 5.11 Å². The monoisotopic (exact) mass is 384 g/mol. The van der Waals surface area contributed by atoms with Crippen LogP contribution in [0.1, 0.15) is 98.8 Å². The van der Waals surface area contributed by atoms with E-state index in [9.17, 15) is 5.11 Å². The number of aliphatic hydroxyl groups is 1. The lowest BCUT2D eigenvalue weighted by Crippen LogP contribution is -2.50. The van der Waals surface area contributed by atoms with Gasteiger partial charge in [0.15, 0.2) is 0 Å². The summed E-state index contributed by atoms with van der Waals surface area (Å²) in [5.74, 6) is 4.49. The molecule has 1 nitrogen and oxygen atoms in total. The summed E-state index contributed by atoms with van der Waals surface area (Å²) in [7, 11) is 0. The van der Waals surface area contributed by atoms with Gasteiger partial charge in [-0.15, -0.1) is 0 Å². The van der Waals surface area contributed by atoms with Crippen LogP contribution in [0.15, 0.2) is 23.3 Å². The summed E-state index contributed by atoms with van der Waals surface area (Å²) in [6.45, 7) is 12.2. The Morgan fingerprint density at radius 1 is 1.14 bits per heavy atom. The van der Waals surface area contributed by atoms with E-state index >= 15 is 0 Å². The molecule has 3 saturated carbocycles. The zero-order chi connectivity index (χ0) is 20.1. The number of fused-ring (bicyclic) bond motifs is 5. The zero-order valence-electron chi connectivity index (χ0n) is 19.1. The fourth-order valence-electron chi connectivity index (χ4n) is 8.45. The van der Waals surface area contributed by atoms with Crippen LogP contribution < -0.4 is 0 Å². The number of rotatable bonds is 4. The largest absolute Gasteiger partial charge is 0.393 e. The van der Waals surface area contributed by atoms with E-state index in [0.717, 1.165) is 42.4 Å². The van der Waals surface area contributed by atoms with E-state index in [-0.39, 0.29) is 6.10 Å². The summed E-state index contributed by atoms with van der Waals surface area (Å²) < 4.78 is 0. The Labute approximate surface area is 174 Å². The van der Waals surface area contributed by atoms with Gasteiger partial charge >= 0.3 is 0 Å². The molecule has 0 radical (unpaired) electrons. The third-order valence-corrected chi connectivity index (χ3v) is 10.0. The van der Waals surface area contributed by atoms with Crippen molar-refractivity contribution in [1.82, 2.24) is 0 Å². The molecule has 0 heterocycles. The van der Waals surface area contributed by atoms with Gasteiger partial charge in [0.2, 0.25) is 0 Å². The molecule has 1 heteroatoms. The molecule has 0 aromatic carbocycles. The van der Waals surface area contributed by atoms with Crippen molar-refractivity contribution in [2.45, 2.75) is 105 Å². The van der Waals surface area contributed by atoms with Crippen LogP contribution in [0.3, 0.4) is 0 Å². The molecule has 158 valence electrons. The highest BCUT2D eigenvalue weighted by Gasteiger charge is 2.58. The van der Waals surface area contributed by atoms with Crippen LogP contribution in [0.2, 0.25) is 0 Å². The fourth-order valence-corrected chi connectivity index (χ4v) is 8.45. The van der Waals surface area contributed by atoms with Crippen molar-refractivity contribution >= 4 is 0 Å². The zero-order valence-corrected chi connectivity index (χ0v) is 19.1. The lowest BCUT2D eigenvalue weighted by atomic mass is 9.47. The summed E-state index contributed by atoms with van der Waals surface area (Å²) in [6, 6.07) is 0. The average Bonchev–Trinajstić information content (AvgIpc) is 2.99. The molecule has 0 amide bonds.